The average Bonchev–Trinajstić information content (AvgIpc) is 2.73. The molecule has 0 unspecified atom stereocenters. The Bertz CT molecular complexity index is 933. The van der Waals surface area contributed by atoms with Gasteiger partial charge in [0.15, 0.2) is 11.5 Å². The molecule has 0 fully saturated rings. The number of hydrogen-bond acceptors (Lipinski definition) is 3. The van der Waals surface area contributed by atoms with Crippen LogP contribution < -0.4 is 14.8 Å². The topological polar surface area (TPSA) is 30.5 Å². The third-order valence-electron chi connectivity index (χ3n) is 4.49. The van der Waals surface area contributed by atoms with Crippen LogP contribution in [-0.2, 0) is 19.6 Å². The summed E-state index contributed by atoms with van der Waals surface area (Å²) in [6.07, 6.45) is 0.808. The quantitative estimate of drug-likeness (QED) is 0.374. The number of methoxy groups -OCH3 is 1. The van der Waals surface area contributed by atoms with Gasteiger partial charge in [0.2, 0.25) is 0 Å². The van der Waals surface area contributed by atoms with Crippen LogP contribution in [0.5, 0.6) is 11.5 Å². The zero-order valence-electron chi connectivity index (χ0n) is 16.1. The fourth-order valence-electron chi connectivity index (χ4n) is 2.90. The molecule has 0 aliphatic carbocycles. The van der Waals surface area contributed by atoms with Gasteiger partial charge >= 0.3 is 0 Å². The maximum absolute atomic E-state index is 13.0. The normalized spacial score (nSPS) is 10.8. The van der Waals surface area contributed by atoms with Crippen LogP contribution >= 0.6 is 27.5 Å². The van der Waals surface area contributed by atoms with Gasteiger partial charge < -0.3 is 14.8 Å². The molecule has 0 saturated heterocycles. The summed E-state index contributed by atoms with van der Waals surface area (Å²) in [7, 11) is 1.63. The monoisotopic (exact) mass is 477 g/mol. The summed E-state index contributed by atoms with van der Waals surface area (Å²) < 4.78 is 25.6. The number of halogens is 3. The first-order valence-electron chi connectivity index (χ1n) is 9.24. The smallest absolute Gasteiger partial charge is 0.167 e. The van der Waals surface area contributed by atoms with Gasteiger partial charge in [-0.2, -0.15) is 0 Å². The highest BCUT2D eigenvalue weighted by Gasteiger charge is 2.15. The van der Waals surface area contributed by atoms with Crippen LogP contribution in [0.3, 0.4) is 0 Å². The van der Waals surface area contributed by atoms with E-state index < -0.39 is 0 Å². The molecule has 3 rings (SSSR count). The van der Waals surface area contributed by atoms with Gasteiger partial charge in [-0.15, -0.1) is 0 Å². The predicted octanol–water partition coefficient (Wildman–Crippen LogP) is 6.16. The van der Waals surface area contributed by atoms with Gasteiger partial charge in [-0.3, -0.25) is 0 Å². The molecule has 0 aliphatic heterocycles. The molecule has 1 N–H and O–H groups in total. The third-order valence-corrected chi connectivity index (χ3v) is 5.48. The molecule has 6 heteroatoms. The molecule has 0 spiro atoms. The standard InChI is InChI=1S/C23H22BrClFNO2/c1-28-22-11-10-21(24)20(14-27-13-12-16-4-8-19(26)9-5-16)23(22)29-15-17-2-6-18(25)7-3-17/h2-11,27H,12-15H2,1H3. The van der Waals surface area contributed by atoms with E-state index in [9.17, 15) is 4.39 Å². The van der Waals surface area contributed by atoms with Gasteiger partial charge in [0.25, 0.3) is 0 Å². The second-order valence-corrected chi connectivity index (χ2v) is 7.82. The zero-order valence-corrected chi connectivity index (χ0v) is 18.4. The van der Waals surface area contributed by atoms with Crippen molar-refractivity contribution in [2.45, 2.75) is 19.6 Å². The van der Waals surface area contributed by atoms with E-state index in [0.717, 1.165) is 34.1 Å². The van der Waals surface area contributed by atoms with Crippen LogP contribution in [0.1, 0.15) is 16.7 Å². The number of ether oxygens (including phenoxy) is 2. The molecular weight excluding hydrogens is 457 g/mol. The van der Waals surface area contributed by atoms with Crippen LogP contribution in [0.2, 0.25) is 5.02 Å². The van der Waals surface area contributed by atoms with E-state index in [0.29, 0.717) is 29.7 Å². The average molecular weight is 479 g/mol. The Balaban J connectivity index is 1.66. The van der Waals surface area contributed by atoms with Crippen molar-refractivity contribution in [3.8, 4) is 11.5 Å². The summed E-state index contributed by atoms with van der Waals surface area (Å²) in [6, 6.07) is 18.0. The maximum atomic E-state index is 13.0. The van der Waals surface area contributed by atoms with E-state index in [1.807, 2.05) is 36.4 Å². The van der Waals surface area contributed by atoms with Crippen LogP contribution in [-0.4, -0.2) is 13.7 Å². The van der Waals surface area contributed by atoms with Gasteiger partial charge in [0.05, 0.1) is 7.11 Å². The van der Waals surface area contributed by atoms with Gasteiger partial charge in [0.1, 0.15) is 12.4 Å². The lowest BCUT2D eigenvalue weighted by atomic mass is 10.1. The lowest BCUT2D eigenvalue weighted by Gasteiger charge is -2.17. The fourth-order valence-corrected chi connectivity index (χ4v) is 3.48. The van der Waals surface area contributed by atoms with Crippen LogP contribution in [0, 0.1) is 5.82 Å². The molecule has 0 saturated carbocycles. The van der Waals surface area contributed by atoms with E-state index in [-0.39, 0.29) is 5.82 Å². The van der Waals surface area contributed by atoms with Gasteiger partial charge in [-0.1, -0.05) is 51.8 Å². The minimum Gasteiger partial charge on any atom is -0.493 e. The lowest BCUT2D eigenvalue weighted by molar-refractivity contribution is 0.280. The Morgan fingerprint density at radius 2 is 1.66 bits per heavy atom. The van der Waals surface area contributed by atoms with Crippen LogP contribution in [0.15, 0.2) is 65.1 Å². The molecule has 152 valence electrons. The molecule has 3 nitrogen and oxygen atoms in total. The molecule has 0 heterocycles. The second kappa shape index (κ2) is 10.6. The summed E-state index contributed by atoms with van der Waals surface area (Å²) in [6.45, 7) is 1.77. The highest BCUT2D eigenvalue weighted by molar-refractivity contribution is 9.10. The Labute approximate surface area is 183 Å². The largest absolute Gasteiger partial charge is 0.493 e. The minimum absolute atomic E-state index is 0.218. The van der Waals surface area contributed by atoms with Crippen molar-refractivity contribution in [2.75, 3.05) is 13.7 Å². The second-order valence-electron chi connectivity index (χ2n) is 6.53. The van der Waals surface area contributed by atoms with E-state index in [2.05, 4.69) is 21.2 Å². The number of benzene rings is 3. The first-order valence-corrected chi connectivity index (χ1v) is 10.4. The van der Waals surface area contributed by atoms with E-state index in [1.165, 1.54) is 12.1 Å². The van der Waals surface area contributed by atoms with Crippen molar-refractivity contribution in [3.63, 3.8) is 0 Å². The highest BCUT2D eigenvalue weighted by Crippen LogP contribution is 2.36. The molecule has 29 heavy (non-hydrogen) atoms. The Kier molecular flexibility index (Phi) is 7.92. The Morgan fingerprint density at radius 1 is 0.966 bits per heavy atom. The van der Waals surface area contributed by atoms with E-state index in [4.69, 9.17) is 21.1 Å². The van der Waals surface area contributed by atoms with Gasteiger partial charge in [-0.05, 0) is 60.5 Å². The summed E-state index contributed by atoms with van der Waals surface area (Å²) >= 11 is 9.57. The predicted molar refractivity (Wildman–Crippen MR) is 118 cm³/mol. The summed E-state index contributed by atoms with van der Waals surface area (Å²) in [5.41, 5.74) is 3.09. The SMILES string of the molecule is COc1ccc(Br)c(CNCCc2ccc(F)cc2)c1OCc1ccc(Cl)cc1. The molecule has 0 bridgehead atoms. The van der Waals surface area contributed by atoms with Crippen molar-refractivity contribution >= 4 is 27.5 Å². The van der Waals surface area contributed by atoms with Gasteiger partial charge in [-0.25, -0.2) is 4.39 Å². The summed E-state index contributed by atoms with van der Waals surface area (Å²) in [5.74, 6) is 1.16. The van der Waals surface area contributed by atoms with Crippen LogP contribution in [0.4, 0.5) is 4.39 Å². The molecule has 0 aromatic heterocycles. The summed E-state index contributed by atoms with van der Waals surface area (Å²) in [5, 5.41) is 4.12. The molecule has 0 radical (unpaired) electrons. The Morgan fingerprint density at radius 3 is 2.34 bits per heavy atom. The van der Waals surface area contributed by atoms with Crippen molar-refractivity contribution in [3.05, 3.63) is 92.7 Å². The van der Waals surface area contributed by atoms with Crippen molar-refractivity contribution in [2.24, 2.45) is 0 Å². The minimum atomic E-state index is -0.218. The Hall–Kier alpha value is -2.08. The van der Waals surface area contributed by atoms with Crippen molar-refractivity contribution in [1.82, 2.24) is 5.32 Å². The molecule has 3 aromatic carbocycles. The number of rotatable bonds is 9. The summed E-state index contributed by atoms with van der Waals surface area (Å²) in [4.78, 5) is 0. The first-order chi connectivity index (χ1) is 14.1. The van der Waals surface area contributed by atoms with E-state index in [1.54, 1.807) is 19.2 Å². The van der Waals surface area contributed by atoms with Gasteiger partial charge in [0, 0.05) is 21.6 Å². The third kappa shape index (κ3) is 6.20. The number of nitrogens with one attached hydrogen (secondary N) is 1. The zero-order chi connectivity index (χ0) is 20.6. The maximum Gasteiger partial charge on any atom is 0.167 e. The molecule has 0 amide bonds. The molecular formula is C23H22BrClFNO2. The molecule has 0 atom stereocenters. The van der Waals surface area contributed by atoms with Crippen LogP contribution in [0.25, 0.3) is 0 Å². The molecule has 0 aliphatic rings. The molecule has 3 aromatic rings. The number of hydrogen-bond donors (Lipinski definition) is 1. The van der Waals surface area contributed by atoms with Crippen molar-refractivity contribution in [1.29, 1.82) is 0 Å². The van der Waals surface area contributed by atoms with E-state index >= 15 is 0 Å². The fraction of sp³-hybridized carbons (Fsp3) is 0.217. The highest BCUT2D eigenvalue weighted by atomic mass is 79.9. The van der Waals surface area contributed by atoms with Crippen molar-refractivity contribution < 1.29 is 13.9 Å². The lowest BCUT2D eigenvalue weighted by Crippen LogP contribution is -2.18. The first kappa shape index (κ1) is 21.6.